The lowest BCUT2D eigenvalue weighted by molar-refractivity contribution is -0.117. The summed E-state index contributed by atoms with van der Waals surface area (Å²) in [5.74, 6) is 0.639. The summed E-state index contributed by atoms with van der Waals surface area (Å²) in [4.78, 5) is 25.0. The zero-order valence-corrected chi connectivity index (χ0v) is 13.7. The second kappa shape index (κ2) is 6.87. The van der Waals surface area contributed by atoms with Crippen molar-refractivity contribution in [3.8, 4) is 0 Å². The molecule has 2 aromatic carbocycles. The molecule has 0 spiro atoms. The van der Waals surface area contributed by atoms with Crippen molar-refractivity contribution in [3.05, 3.63) is 54.1 Å². The van der Waals surface area contributed by atoms with Crippen molar-refractivity contribution < 1.29 is 9.59 Å². The molecule has 2 amide bonds. The first-order valence-corrected chi connectivity index (χ1v) is 8.58. The van der Waals surface area contributed by atoms with Crippen molar-refractivity contribution in [1.29, 1.82) is 0 Å². The van der Waals surface area contributed by atoms with Gasteiger partial charge in [-0.05, 0) is 35.9 Å². The van der Waals surface area contributed by atoms with E-state index in [1.54, 1.807) is 43.0 Å². The van der Waals surface area contributed by atoms with E-state index >= 15 is 0 Å². The summed E-state index contributed by atoms with van der Waals surface area (Å²) >= 11 is 1.72. The third-order valence-electron chi connectivity index (χ3n) is 3.77. The van der Waals surface area contributed by atoms with Crippen molar-refractivity contribution in [2.24, 2.45) is 0 Å². The predicted molar refractivity (Wildman–Crippen MR) is 93.9 cm³/mol. The van der Waals surface area contributed by atoms with Gasteiger partial charge in [0.25, 0.3) is 0 Å². The SMILES string of the molecule is CCC(=O)Nc1ccc(NC(=O)C2CSc3ccccc32)cc1. The lowest BCUT2D eigenvalue weighted by Crippen LogP contribution is -2.21. The molecule has 2 N–H and O–H groups in total. The third-order valence-corrected chi connectivity index (χ3v) is 4.96. The van der Waals surface area contributed by atoms with Crippen LogP contribution in [0.3, 0.4) is 0 Å². The van der Waals surface area contributed by atoms with E-state index in [1.165, 1.54) is 4.90 Å². The van der Waals surface area contributed by atoms with Gasteiger partial charge < -0.3 is 10.6 Å². The van der Waals surface area contributed by atoms with Gasteiger partial charge in [0, 0.05) is 28.4 Å². The van der Waals surface area contributed by atoms with Crippen LogP contribution in [0.1, 0.15) is 24.8 Å². The van der Waals surface area contributed by atoms with E-state index in [1.807, 2.05) is 18.2 Å². The first kappa shape index (κ1) is 15.6. The Kier molecular flexibility index (Phi) is 4.67. The van der Waals surface area contributed by atoms with Crippen LogP contribution in [0.5, 0.6) is 0 Å². The van der Waals surface area contributed by atoms with E-state index in [-0.39, 0.29) is 17.7 Å². The molecule has 1 unspecified atom stereocenters. The van der Waals surface area contributed by atoms with Gasteiger partial charge >= 0.3 is 0 Å². The van der Waals surface area contributed by atoms with Crippen molar-refractivity contribution in [2.75, 3.05) is 16.4 Å². The van der Waals surface area contributed by atoms with Crippen LogP contribution in [0, 0.1) is 0 Å². The van der Waals surface area contributed by atoms with Gasteiger partial charge in [-0.2, -0.15) is 0 Å². The highest BCUT2D eigenvalue weighted by atomic mass is 32.2. The Hall–Kier alpha value is -2.27. The maximum atomic E-state index is 12.5. The molecule has 0 aliphatic carbocycles. The fourth-order valence-corrected chi connectivity index (χ4v) is 3.72. The molecule has 23 heavy (non-hydrogen) atoms. The lowest BCUT2D eigenvalue weighted by atomic mass is 10.0. The molecule has 1 aliphatic heterocycles. The molecule has 0 saturated heterocycles. The fourth-order valence-electron chi connectivity index (χ4n) is 2.50. The van der Waals surface area contributed by atoms with Gasteiger partial charge in [0.15, 0.2) is 0 Å². The molecule has 0 aromatic heterocycles. The molecule has 1 aliphatic rings. The Balaban J connectivity index is 1.66. The van der Waals surface area contributed by atoms with Gasteiger partial charge in [-0.25, -0.2) is 0 Å². The van der Waals surface area contributed by atoms with Gasteiger partial charge in [-0.3, -0.25) is 9.59 Å². The number of hydrogen-bond acceptors (Lipinski definition) is 3. The van der Waals surface area contributed by atoms with Crippen LogP contribution in [-0.4, -0.2) is 17.6 Å². The maximum absolute atomic E-state index is 12.5. The van der Waals surface area contributed by atoms with E-state index in [9.17, 15) is 9.59 Å². The van der Waals surface area contributed by atoms with E-state index < -0.39 is 0 Å². The highest BCUT2D eigenvalue weighted by Crippen LogP contribution is 2.39. The quantitative estimate of drug-likeness (QED) is 0.897. The zero-order valence-electron chi connectivity index (χ0n) is 12.8. The number of anilines is 2. The summed E-state index contributed by atoms with van der Waals surface area (Å²) in [7, 11) is 0. The van der Waals surface area contributed by atoms with Gasteiger partial charge in [-0.1, -0.05) is 25.1 Å². The van der Waals surface area contributed by atoms with Gasteiger partial charge in [0.05, 0.1) is 5.92 Å². The molecule has 4 nitrogen and oxygen atoms in total. The summed E-state index contributed by atoms with van der Waals surface area (Å²) < 4.78 is 0. The van der Waals surface area contributed by atoms with Crippen LogP contribution in [0.4, 0.5) is 11.4 Å². The number of fused-ring (bicyclic) bond motifs is 1. The van der Waals surface area contributed by atoms with E-state index in [0.29, 0.717) is 6.42 Å². The average Bonchev–Trinajstić information content (AvgIpc) is 3.00. The number of carbonyl (C=O) groups excluding carboxylic acids is 2. The Labute approximate surface area is 139 Å². The molecule has 1 heterocycles. The van der Waals surface area contributed by atoms with Crippen molar-refractivity contribution in [3.63, 3.8) is 0 Å². The summed E-state index contributed by atoms with van der Waals surface area (Å²) in [5, 5.41) is 5.74. The number of hydrogen-bond donors (Lipinski definition) is 2. The second-order valence-electron chi connectivity index (χ2n) is 5.37. The molecule has 2 aromatic rings. The molecular weight excluding hydrogens is 308 g/mol. The Morgan fingerprint density at radius 2 is 1.70 bits per heavy atom. The fraction of sp³-hybridized carbons (Fsp3) is 0.222. The number of thioether (sulfide) groups is 1. The normalized spacial score (nSPS) is 15.8. The predicted octanol–water partition coefficient (Wildman–Crippen LogP) is 3.86. The van der Waals surface area contributed by atoms with Crippen LogP contribution < -0.4 is 10.6 Å². The van der Waals surface area contributed by atoms with E-state index in [2.05, 4.69) is 16.7 Å². The van der Waals surface area contributed by atoms with Gasteiger partial charge in [0.1, 0.15) is 0 Å². The molecule has 0 bridgehead atoms. The number of amides is 2. The van der Waals surface area contributed by atoms with E-state index in [4.69, 9.17) is 0 Å². The molecule has 0 radical (unpaired) electrons. The molecule has 5 heteroatoms. The monoisotopic (exact) mass is 326 g/mol. The smallest absolute Gasteiger partial charge is 0.232 e. The summed E-state index contributed by atoms with van der Waals surface area (Å²) in [6, 6.07) is 15.2. The molecular formula is C18H18N2O2S. The van der Waals surface area contributed by atoms with Crippen LogP contribution in [-0.2, 0) is 9.59 Å². The Bertz CT molecular complexity index is 728. The first-order valence-electron chi connectivity index (χ1n) is 7.60. The number of nitrogens with one attached hydrogen (secondary N) is 2. The largest absolute Gasteiger partial charge is 0.326 e. The van der Waals surface area contributed by atoms with Crippen molar-refractivity contribution >= 4 is 35.0 Å². The Morgan fingerprint density at radius 1 is 1.04 bits per heavy atom. The second-order valence-corrected chi connectivity index (χ2v) is 6.43. The van der Waals surface area contributed by atoms with Crippen LogP contribution in [0.2, 0.25) is 0 Å². The zero-order chi connectivity index (χ0) is 16.2. The molecule has 0 fully saturated rings. The summed E-state index contributed by atoms with van der Waals surface area (Å²) in [5.41, 5.74) is 2.57. The number of rotatable bonds is 4. The summed E-state index contributed by atoms with van der Waals surface area (Å²) in [6.07, 6.45) is 0.442. The molecule has 3 rings (SSSR count). The molecule has 1 atom stereocenters. The highest BCUT2D eigenvalue weighted by molar-refractivity contribution is 7.99. The molecule has 0 saturated carbocycles. The topological polar surface area (TPSA) is 58.2 Å². The standard InChI is InChI=1S/C18H18N2O2S/c1-2-17(21)19-12-7-9-13(10-8-12)20-18(22)15-11-23-16-6-4-3-5-14(15)16/h3-10,15H,2,11H2,1H3,(H,19,21)(H,20,22). The van der Waals surface area contributed by atoms with Gasteiger partial charge in [-0.15, -0.1) is 11.8 Å². The average molecular weight is 326 g/mol. The highest BCUT2D eigenvalue weighted by Gasteiger charge is 2.28. The first-order chi connectivity index (χ1) is 11.2. The maximum Gasteiger partial charge on any atom is 0.232 e. The van der Waals surface area contributed by atoms with Crippen molar-refractivity contribution in [2.45, 2.75) is 24.2 Å². The van der Waals surface area contributed by atoms with Crippen LogP contribution in [0.15, 0.2) is 53.4 Å². The minimum Gasteiger partial charge on any atom is -0.326 e. The molecule has 118 valence electrons. The minimum atomic E-state index is -0.115. The van der Waals surface area contributed by atoms with Crippen molar-refractivity contribution in [1.82, 2.24) is 0 Å². The summed E-state index contributed by atoms with van der Waals surface area (Å²) in [6.45, 7) is 1.81. The van der Waals surface area contributed by atoms with Crippen LogP contribution >= 0.6 is 11.8 Å². The Morgan fingerprint density at radius 3 is 2.39 bits per heavy atom. The van der Waals surface area contributed by atoms with Gasteiger partial charge in [0.2, 0.25) is 11.8 Å². The number of benzene rings is 2. The van der Waals surface area contributed by atoms with E-state index in [0.717, 1.165) is 22.7 Å². The minimum absolute atomic E-state index is 0.00722. The third kappa shape index (κ3) is 3.56. The van der Waals surface area contributed by atoms with Crippen LogP contribution in [0.25, 0.3) is 0 Å². The lowest BCUT2D eigenvalue weighted by Gasteiger charge is -2.12. The number of carbonyl (C=O) groups is 2.